The second-order valence-electron chi connectivity index (χ2n) is 8.47. The second kappa shape index (κ2) is 9.15. The Balaban J connectivity index is 1.43. The van der Waals surface area contributed by atoms with Gasteiger partial charge in [0.25, 0.3) is 0 Å². The molecule has 0 spiro atoms. The Labute approximate surface area is 192 Å². The summed E-state index contributed by atoms with van der Waals surface area (Å²) in [5, 5.41) is 12.6. The SMILES string of the molecule is Cc1cccc(N2CCN([C@@H](c3ccc(F)cc3)c3nnnn3Cc3ccco3)CC2)c1C. The van der Waals surface area contributed by atoms with E-state index < -0.39 is 0 Å². The highest BCUT2D eigenvalue weighted by atomic mass is 19.1. The topological polar surface area (TPSA) is 63.2 Å². The Kier molecular flexibility index (Phi) is 5.92. The van der Waals surface area contributed by atoms with Crippen LogP contribution in [0, 0.1) is 19.7 Å². The predicted molar refractivity (Wildman–Crippen MR) is 124 cm³/mol. The molecule has 33 heavy (non-hydrogen) atoms. The van der Waals surface area contributed by atoms with E-state index in [0.717, 1.165) is 43.3 Å². The molecule has 0 unspecified atom stereocenters. The molecular formula is C25H27FN6O. The van der Waals surface area contributed by atoms with Crippen LogP contribution in [0.15, 0.2) is 65.3 Å². The van der Waals surface area contributed by atoms with Gasteiger partial charge in [-0.2, -0.15) is 0 Å². The maximum Gasteiger partial charge on any atom is 0.173 e. The average Bonchev–Trinajstić information content (AvgIpc) is 3.51. The molecule has 0 radical (unpaired) electrons. The van der Waals surface area contributed by atoms with Crippen LogP contribution < -0.4 is 4.90 Å². The van der Waals surface area contributed by atoms with Gasteiger partial charge in [-0.25, -0.2) is 9.07 Å². The highest BCUT2D eigenvalue weighted by molar-refractivity contribution is 5.56. The summed E-state index contributed by atoms with van der Waals surface area (Å²) in [6.45, 7) is 8.23. The number of anilines is 1. The third kappa shape index (κ3) is 4.39. The maximum absolute atomic E-state index is 13.7. The van der Waals surface area contributed by atoms with Crippen molar-refractivity contribution in [3.05, 3.63) is 95.0 Å². The Morgan fingerprint density at radius 2 is 1.76 bits per heavy atom. The molecule has 0 bridgehead atoms. The molecule has 1 saturated heterocycles. The van der Waals surface area contributed by atoms with Gasteiger partial charge in [-0.1, -0.05) is 24.3 Å². The van der Waals surface area contributed by atoms with Crippen molar-refractivity contribution in [3.63, 3.8) is 0 Å². The molecule has 8 heteroatoms. The van der Waals surface area contributed by atoms with Crippen molar-refractivity contribution < 1.29 is 8.81 Å². The van der Waals surface area contributed by atoms with Gasteiger partial charge in [-0.05, 0) is 71.3 Å². The molecule has 2 aromatic heterocycles. The fourth-order valence-corrected chi connectivity index (χ4v) is 4.54. The lowest BCUT2D eigenvalue weighted by Gasteiger charge is -2.40. The van der Waals surface area contributed by atoms with Gasteiger partial charge in [0.2, 0.25) is 0 Å². The molecule has 7 nitrogen and oxygen atoms in total. The number of hydrogen-bond donors (Lipinski definition) is 0. The van der Waals surface area contributed by atoms with Crippen LogP contribution in [0.25, 0.3) is 0 Å². The van der Waals surface area contributed by atoms with E-state index in [1.165, 1.54) is 28.9 Å². The van der Waals surface area contributed by atoms with Crippen molar-refractivity contribution in [3.8, 4) is 0 Å². The number of furan rings is 1. The quantitative estimate of drug-likeness (QED) is 0.446. The summed E-state index contributed by atoms with van der Waals surface area (Å²) >= 11 is 0. The minimum atomic E-state index is -0.257. The van der Waals surface area contributed by atoms with Crippen LogP contribution in [0.1, 0.15) is 34.3 Å². The van der Waals surface area contributed by atoms with Gasteiger partial charge < -0.3 is 9.32 Å². The standard InChI is InChI=1S/C25H27FN6O/c1-18-5-3-7-23(19(18)2)30-12-14-31(15-13-30)24(20-8-10-21(26)11-9-20)25-27-28-29-32(25)17-22-6-4-16-33-22/h3-11,16,24H,12-15,17H2,1-2H3/t24-/m0/s1. The molecule has 0 N–H and O–H groups in total. The van der Waals surface area contributed by atoms with Crippen LogP contribution in [0.5, 0.6) is 0 Å². The van der Waals surface area contributed by atoms with Crippen molar-refractivity contribution in [2.24, 2.45) is 0 Å². The van der Waals surface area contributed by atoms with E-state index in [0.29, 0.717) is 6.54 Å². The van der Waals surface area contributed by atoms with Crippen molar-refractivity contribution in [2.45, 2.75) is 26.4 Å². The predicted octanol–water partition coefficient (Wildman–Crippen LogP) is 3.98. The maximum atomic E-state index is 13.7. The number of halogens is 1. The molecule has 0 aliphatic carbocycles. The van der Waals surface area contributed by atoms with E-state index in [1.54, 1.807) is 10.9 Å². The summed E-state index contributed by atoms with van der Waals surface area (Å²) in [7, 11) is 0. The minimum Gasteiger partial charge on any atom is -0.467 e. The van der Waals surface area contributed by atoms with Crippen LogP contribution in [0.3, 0.4) is 0 Å². The van der Waals surface area contributed by atoms with Crippen LogP contribution in [0.2, 0.25) is 0 Å². The summed E-state index contributed by atoms with van der Waals surface area (Å²) in [6, 6.07) is 16.7. The van der Waals surface area contributed by atoms with E-state index in [-0.39, 0.29) is 11.9 Å². The Bertz CT molecular complexity index is 1200. The summed E-state index contributed by atoms with van der Waals surface area (Å²) in [5.74, 6) is 1.24. The fourth-order valence-electron chi connectivity index (χ4n) is 4.54. The smallest absolute Gasteiger partial charge is 0.173 e. The number of nitrogens with zero attached hydrogens (tertiary/aromatic N) is 6. The molecule has 3 heterocycles. The molecule has 4 aromatic rings. The molecule has 1 aliphatic heterocycles. The molecular weight excluding hydrogens is 419 g/mol. The van der Waals surface area contributed by atoms with Gasteiger partial charge >= 0.3 is 0 Å². The van der Waals surface area contributed by atoms with Crippen LogP contribution in [-0.2, 0) is 6.54 Å². The summed E-state index contributed by atoms with van der Waals surface area (Å²) in [6.07, 6.45) is 1.64. The highest BCUT2D eigenvalue weighted by Crippen LogP contribution is 2.31. The van der Waals surface area contributed by atoms with Crippen LogP contribution in [0.4, 0.5) is 10.1 Å². The first-order valence-corrected chi connectivity index (χ1v) is 11.2. The highest BCUT2D eigenvalue weighted by Gasteiger charge is 2.31. The first-order valence-electron chi connectivity index (χ1n) is 11.2. The summed E-state index contributed by atoms with van der Waals surface area (Å²) in [4.78, 5) is 4.81. The Hall–Kier alpha value is -3.52. The number of tetrazole rings is 1. The molecule has 2 aromatic carbocycles. The molecule has 1 aliphatic rings. The number of hydrogen-bond acceptors (Lipinski definition) is 6. The van der Waals surface area contributed by atoms with E-state index in [1.807, 2.05) is 24.3 Å². The number of piperazine rings is 1. The van der Waals surface area contributed by atoms with Gasteiger partial charge in [-0.3, -0.25) is 4.90 Å². The second-order valence-corrected chi connectivity index (χ2v) is 8.47. The zero-order valence-electron chi connectivity index (χ0n) is 18.9. The van der Waals surface area contributed by atoms with Crippen LogP contribution in [-0.4, -0.2) is 51.3 Å². The van der Waals surface area contributed by atoms with Crippen LogP contribution >= 0.6 is 0 Å². The molecule has 1 atom stereocenters. The number of aromatic nitrogens is 4. The molecule has 5 rings (SSSR count). The summed E-state index contributed by atoms with van der Waals surface area (Å²) in [5.41, 5.74) is 4.88. The van der Waals surface area contributed by atoms with Crippen molar-refractivity contribution in [1.29, 1.82) is 0 Å². The normalized spacial score (nSPS) is 15.7. The number of rotatable bonds is 6. The minimum absolute atomic E-state index is 0.184. The third-order valence-corrected chi connectivity index (χ3v) is 6.47. The first-order chi connectivity index (χ1) is 16.1. The van der Waals surface area contributed by atoms with Gasteiger partial charge in [0.1, 0.15) is 18.1 Å². The van der Waals surface area contributed by atoms with Gasteiger partial charge in [0.05, 0.1) is 12.3 Å². The number of benzene rings is 2. The zero-order chi connectivity index (χ0) is 22.8. The Morgan fingerprint density at radius 3 is 2.48 bits per heavy atom. The third-order valence-electron chi connectivity index (χ3n) is 6.47. The monoisotopic (exact) mass is 446 g/mol. The van der Waals surface area contributed by atoms with E-state index >= 15 is 0 Å². The van der Waals surface area contributed by atoms with Gasteiger partial charge in [-0.15, -0.1) is 5.10 Å². The number of aryl methyl sites for hydroxylation is 1. The zero-order valence-corrected chi connectivity index (χ0v) is 18.9. The Morgan fingerprint density at radius 1 is 0.970 bits per heavy atom. The largest absolute Gasteiger partial charge is 0.467 e. The van der Waals surface area contributed by atoms with E-state index in [4.69, 9.17) is 4.42 Å². The lowest BCUT2D eigenvalue weighted by atomic mass is 10.0. The van der Waals surface area contributed by atoms with Crippen molar-refractivity contribution in [2.75, 3.05) is 31.1 Å². The first kappa shape index (κ1) is 21.3. The lowest BCUT2D eigenvalue weighted by molar-refractivity contribution is 0.200. The van der Waals surface area contributed by atoms with E-state index in [2.05, 4.69) is 57.4 Å². The van der Waals surface area contributed by atoms with Crippen molar-refractivity contribution >= 4 is 5.69 Å². The van der Waals surface area contributed by atoms with Gasteiger partial charge in [0.15, 0.2) is 5.82 Å². The molecule has 1 fully saturated rings. The molecule has 0 amide bonds. The summed E-state index contributed by atoms with van der Waals surface area (Å²) < 4.78 is 21.0. The van der Waals surface area contributed by atoms with E-state index in [9.17, 15) is 4.39 Å². The van der Waals surface area contributed by atoms with Gasteiger partial charge in [0, 0.05) is 31.9 Å². The average molecular weight is 447 g/mol. The lowest BCUT2D eigenvalue weighted by Crippen LogP contribution is -2.48. The molecule has 170 valence electrons. The molecule has 0 saturated carbocycles. The van der Waals surface area contributed by atoms with Crippen molar-refractivity contribution in [1.82, 2.24) is 25.1 Å². The fraction of sp³-hybridized carbons (Fsp3) is 0.320.